The molecule has 0 aliphatic heterocycles. The minimum Gasteiger partial charge on any atom is -0.369 e. The summed E-state index contributed by atoms with van der Waals surface area (Å²) in [5.74, 6) is 0.481. The Kier molecular flexibility index (Phi) is 7.93. The van der Waals surface area contributed by atoms with E-state index in [-0.39, 0.29) is 0 Å². The minimum absolute atomic E-state index is 0.360. The highest BCUT2D eigenvalue weighted by molar-refractivity contribution is 6.18. The van der Waals surface area contributed by atoms with E-state index in [1.54, 1.807) is 0 Å². The van der Waals surface area contributed by atoms with E-state index in [4.69, 9.17) is 28.9 Å². The van der Waals surface area contributed by atoms with Gasteiger partial charge in [-0.15, -0.1) is 23.2 Å². The normalized spacial score (nSPS) is 11.7. The highest BCUT2D eigenvalue weighted by atomic mass is 35.5. The summed E-state index contributed by atoms with van der Waals surface area (Å²) >= 11 is 11.5. The smallest absolute Gasteiger partial charge is 0.240 e. The number of amides is 2. The zero-order chi connectivity index (χ0) is 15.7. The van der Waals surface area contributed by atoms with Crippen LogP contribution in [0.4, 0.5) is 5.69 Å². The number of carbonyl (C=O) groups excluding carboxylic acids is 2. The number of benzene rings is 1. The van der Waals surface area contributed by atoms with E-state index in [1.165, 1.54) is 0 Å². The van der Waals surface area contributed by atoms with E-state index in [0.29, 0.717) is 37.7 Å². The van der Waals surface area contributed by atoms with E-state index < -0.39 is 11.9 Å². The lowest BCUT2D eigenvalue weighted by Gasteiger charge is -2.23. The fourth-order valence-corrected chi connectivity index (χ4v) is 2.38. The van der Waals surface area contributed by atoms with Crippen LogP contribution in [-0.4, -0.2) is 43.2 Å². The van der Waals surface area contributed by atoms with Crippen LogP contribution in [0, 0.1) is 0 Å². The summed E-state index contributed by atoms with van der Waals surface area (Å²) in [6, 6.07) is 6.97. The fraction of sp³-hybridized carbons (Fsp3) is 0.429. The van der Waals surface area contributed by atoms with Gasteiger partial charge in [0.2, 0.25) is 12.3 Å². The number of nitrogens with one attached hydrogen (secondary N) is 1. The summed E-state index contributed by atoms with van der Waals surface area (Å²) < 4.78 is 0. The van der Waals surface area contributed by atoms with E-state index >= 15 is 0 Å². The number of anilines is 1. The quantitative estimate of drug-likeness (QED) is 0.498. The third kappa shape index (κ3) is 5.81. The second-order valence-electron chi connectivity index (χ2n) is 4.48. The molecular formula is C14H19Cl2N3O2. The number of hydrogen-bond donors (Lipinski definition) is 2. The van der Waals surface area contributed by atoms with Crippen molar-refractivity contribution in [2.24, 2.45) is 5.73 Å². The van der Waals surface area contributed by atoms with Gasteiger partial charge in [-0.2, -0.15) is 0 Å². The van der Waals surface area contributed by atoms with Gasteiger partial charge in [0.1, 0.15) is 6.04 Å². The SMILES string of the molecule is NC(=O)[C@H](Cc1ccc(N(CCCl)CCCl)cc1)NC=O. The Morgan fingerprint density at radius 2 is 1.81 bits per heavy atom. The molecule has 0 radical (unpaired) electrons. The lowest BCUT2D eigenvalue weighted by Crippen LogP contribution is -2.42. The van der Waals surface area contributed by atoms with Crippen LogP contribution in [0.1, 0.15) is 5.56 Å². The lowest BCUT2D eigenvalue weighted by atomic mass is 10.0. The van der Waals surface area contributed by atoms with E-state index in [2.05, 4.69) is 10.2 Å². The third-order valence-corrected chi connectivity index (χ3v) is 3.40. The summed E-state index contributed by atoms with van der Waals surface area (Å²) in [4.78, 5) is 23.7. The summed E-state index contributed by atoms with van der Waals surface area (Å²) in [5, 5.41) is 2.41. The number of carbonyl (C=O) groups is 2. The molecule has 1 rings (SSSR count). The molecule has 0 heterocycles. The van der Waals surface area contributed by atoms with Crippen molar-refractivity contribution in [2.75, 3.05) is 29.7 Å². The average Bonchev–Trinajstić information content (AvgIpc) is 2.47. The van der Waals surface area contributed by atoms with Gasteiger partial charge < -0.3 is 16.0 Å². The van der Waals surface area contributed by atoms with Gasteiger partial charge in [0, 0.05) is 37.0 Å². The van der Waals surface area contributed by atoms with Crippen LogP contribution in [0.15, 0.2) is 24.3 Å². The van der Waals surface area contributed by atoms with Gasteiger partial charge in [0.15, 0.2) is 0 Å². The average molecular weight is 332 g/mol. The van der Waals surface area contributed by atoms with Crippen LogP contribution in [0.2, 0.25) is 0 Å². The molecule has 1 atom stereocenters. The Labute approximate surface area is 134 Å². The van der Waals surface area contributed by atoms with Crippen molar-refractivity contribution in [3.05, 3.63) is 29.8 Å². The molecule has 1 aromatic carbocycles. The molecule has 116 valence electrons. The fourth-order valence-electron chi connectivity index (χ4n) is 1.98. The topological polar surface area (TPSA) is 75.4 Å². The first kappa shape index (κ1) is 17.6. The summed E-state index contributed by atoms with van der Waals surface area (Å²) in [7, 11) is 0. The van der Waals surface area contributed by atoms with Gasteiger partial charge in [0.25, 0.3) is 0 Å². The number of primary amides is 1. The van der Waals surface area contributed by atoms with Crippen LogP contribution < -0.4 is 16.0 Å². The molecule has 0 fully saturated rings. The largest absolute Gasteiger partial charge is 0.369 e. The molecule has 0 saturated carbocycles. The molecule has 21 heavy (non-hydrogen) atoms. The first-order valence-electron chi connectivity index (χ1n) is 6.57. The van der Waals surface area contributed by atoms with Gasteiger partial charge in [0.05, 0.1) is 0 Å². The number of hydrogen-bond acceptors (Lipinski definition) is 3. The standard InChI is InChI=1S/C14H19Cl2N3O2/c15-5-7-19(8-6-16)12-3-1-11(2-4-12)9-13(14(17)21)18-10-20/h1-4,10,13H,5-9H2,(H2,17,21)(H,18,20)/t13-/m0/s1. The van der Waals surface area contributed by atoms with Gasteiger partial charge >= 0.3 is 0 Å². The van der Waals surface area contributed by atoms with Crippen LogP contribution in [-0.2, 0) is 16.0 Å². The number of rotatable bonds is 10. The summed E-state index contributed by atoms with van der Waals surface area (Å²) in [6.07, 6.45) is 0.839. The monoisotopic (exact) mass is 331 g/mol. The van der Waals surface area contributed by atoms with Crippen LogP contribution >= 0.6 is 23.2 Å². The molecular weight excluding hydrogens is 313 g/mol. The van der Waals surface area contributed by atoms with E-state index in [1.807, 2.05) is 24.3 Å². The maximum atomic E-state index is 11.2. The molecule has 0 aliphatic rings. The molecule has 1 aromatic rings. The number of nitrogens with two attached hydrogens (primary N) is 1. The molecule has 3 N–H and O–H groups in total. The van der Waals surface area contributed by atoms with E-state index in [9.17, 15) is 9.59 Å². The van der Waals surface area contributed by atoms with Crippen molar-refractivity contribution < 1.29 is 9.59 Å². The highest BCUT2D eigenvalue weighted by Crippen LogP contribution is 2.16. The van der Waals surface area contributed by atoms with Crippen molar-refractivity contribution in [1.82, 2.24) is 5.32 Å². The molecule has 0 bridgehead atoms. The van der Waals surface area contributed by atoms with Crippen LogP contribution in [0.25, 0.3) is 0 Å². The maximum Gasteiger partial charge on any atom is 0.240 e. The van der Waals surface area contributed by atoms with Gasteiger partial charge in [-0.3, -0.25) is 9.59 Å². The first-order chi connectivity index (χ1) is 10.1. The van der Waals surface area contributed by atoms with Crippen molar-refractivity contribution in [1.29, 1.82) is 0 Å². The summed E-state index contributed by atoms with van der Waals surface area (Å²) in [6.45, 7) is 1.43. The second kappa shape index (κ2) is 9.47. The predicted molar refractivity (Wildman–Crippen MR) is 86.0 cm³/mol. The van der Waals surface area contributed by atoms with Gasteiger partial charge in [-0.1, -0.05) is 12.1 Å². The van der Waals surface area contributed by atoms with Crippen LogP contribution in [0.3, 0.4) is 0 Å². The lowest BCUT2D eigenvalue weighted by molar-refractivity contribution is -0.122. The zero-order valence-electron chi connectivity index (χ0n) is 11.6. The molecule has 0 aliphatic carbocycles. The zero-order valence-corrected chi connectivity index (χ0v) is 13.1. The van der Waals surface area contributed by atoms with Gasteiger partial charge in [-0.25, -0.2) is 0 Å². The number of nitrogens with zero attached hydrogens (tertiary/aromatic N) is 1. The Balaban J connectivity index is 2.75. The van der Waals surface area contributed by atoms with Gasteiger partial charge in [-0.05, 0) is 17.7 Å². The van der Waals surface area contributed by atoms with Crippen LogP contribution in [0.5, 0.6) is 0 Å². The molecule has 0 spiro atoms. The Bertz CT molecular complexity index is 448. The molecule has 7 heteroatoms. The minimum atomic E-state index is -0.699. The predicted octanol–water partition coefficient (Wildman–Crippen LogP) is 1.11. The second-order valence-corrected chi connectivity index (χ2v) is 5.23. The molecule has 2 amide bonds. The Morgan fingerprint density at radius 3 is 2.24 bits per heavy atom. The van der Waals surface area contributed by atoms with Crippen molar-refractivity contribution in [3.63, 3.8) is 0 Å². The third-order valence-electron chi connectivity index (χ3n) is 3.06. The Morgan fingerprint density at radius 1 is 1.24 bits per heavy atom. The number of alkyl halides is 2. The van der Waals surface area contributed by atoms with Crippen molar-refractivity contribution >= 4 is 41.2 Å². The molecule has 0 aromatic heterocycles. The van der Waals surface area contributed by atoms with Crippen molar-refractivity contribution in [2.45, 2.75) is 12.5 Å². The molecule has 0 saturated heterocycles. The summed E-state index contributed by atoms with van der Waals surface area (Å²) in [5.41, 5.74) is 7.15. The first-order valence-corrected chi connectivity index (χ1v) is 7.64. The Hall–Kier alpha value is -1.46. The van der Waals surface area contributed by atoms with Crippen molar-refractivity contribution in [3.8, 4) is 0 Å². The molecule has 0 unspecified atom stereocenters. The molecule has 5 nitrogen and oxygen atoms in total. The maximum absolute atomic E-state index is 11.2. The highest BCUT2D eigenvalue weighted by Gasteiger charge is 2.14. The number of halogens is 2. The van der Waals surface area contributed by atoms with E-state index in [0.717, 1.165) is 11.3 Å².